The van der Waals surface area contributed by atoms with Gasteiger partial charge in [0, 0.05) is 24.1 Å². The number of nitrogens with zero attached hydrogens (tertiary/aromatic N) is 2. The Kier molecular flexibility index (Phi) is 6.26. The zero-order chi connectivity index (χ0) is 21.7. The Morgan fingerprint density at radius 3 is 2.50 bits per heavy atom. The van der Waals surface area contributed by atoms with Gasteiger partial charge in [0.05, 0.1) is 23.3 Å². The quantitative estimate of drug-likeness (QED) is 0.333. The Bertz CT molecular complexity index is 1110. The van der Waals surface area contributed by atoms with Crippen LogP contribution in [0.5, 0.6) is 5.75 Å². The molecule has 0 N–H and O–H groups in total. The molecule has 0 bridgehead atoms. The summed E-state index contributed by atoms with van der Waals surface area (Å²) in [6, 6.07) is 17.0. The summed E-state index contributed by atoms with van der Waals surface area (Å²) in [5.74, 6) is -1.20. The zero-order valence-corrected chi connectivity index (χ0v) is 16.5. The number of rotatable bonds is 7. The van der Waals surface area contributed by atoms with Gasteiger partial charge in [-0.15, -0.1) is 0 Å². The molecule has 0 spiro atoms. The Balaban J connectivity index is 1.86. The third-order valence-corrected chi connectivity index (χ3v) is 4.60. The molecule has 0 saturated heterocycles. The van der Waals surface area contributed by atoms with E-state index in [9.17, 15) is 19.7 Å². The summed E-state index contributed by atoms with van der Waals surface area (Å²) in [4.78, 5) is 36.8. The van der Waals surface area contributed by atoms with Crippen LogP contribution >= 0.6 is 0 Å². The molecular formula is C22H20N2O6. The van der Waals surface area contributed by atoms with Crippen molar-refractivity contribution in [2.24, 2.45) is 0 Å². The number of ether oxygens (including phenoxy) is 2. The van der Waals surface area contributed by atoms with Crippen molar-refractivity contribution in [1.82, 2.24) is 0 Å². The average molecular weight is 408 g/mol. The van der Waals surface area contributed by atoms with Gasteiger partial charge < -0.3 is 14.4 Å². The highest BCUT2D eigenvalue weighted by Gasteiger charge is 2.22. The molecule has 3 rings (SSSR count). The van der Waals surface area contributed by atoms with Crippen molar-refractivity contribution < 1.29 is 24.0 Å². The summed E-state index contributed by atoms with van der Waals surface area (Å²) >= 11 is 0. The Morgan fingerprint density at radius 2 is 1.80 bits per heavy atom. The van der Waals surface area contributed by atoms with E-state index in [1.54, 1.807) is 4.90 Å². The normalized spacial score (nSPS) is 10.5. The van der Waals surface area contributed by atoms with Gasteiger partial charge in [0.1, 0.15) is 0 Å². The number of likely N-dealkylation sites (N-methyl/N-ethyl adjacent to an activating group) is 1. The fourth-order valence-corrected chi connectivity index (χ4v) is 3.17. The second kappa shape index (κ2) is 9.04. The standard InChI is InChI=1S/C22H20N2O6/c1-3-23(18-10-6-8-15-7-4-5-9-17(15)18)21(25)14-30-20-13-16(22(26)29-2)11-12-19(20)24(27)28/h4-13H,3,14H2,1-2H3. The number of amides is 1. The lowest BCUT2D eigenvalue weighted by atomic mass is 10.1. The zero-order valence-electron chi connectivity index (χ0n) is 16.5. The average Bonchev–Trinajstić information content (AvgIpc) is 2.77. The topological polar surface area (TPSA) is 99.0 Å². The van der Waals surface area contributed by atoms with Crippen LogP contribution in [-0.4, -0.2) is 37.1 Å². The minimum atomic E-state index is -0.660. The van der Waals surface area contributed by atoms with Crippen molar-refractivity contribution in [2.75, 3.05) is 25.2 Å². The highest BCUT2D eigenvalue weighted by atomic mass is 16.6. The SMILES string of the molecule is CCN(C(=O)COc1cc(C(=O)OC)ccc1[N+](=O)[O-])c1cccc2ccccc12. The van der Waals surface area contributed by atoms with Crippen LogP contribution in [0.4, 0.5) is 11.4 Å². The van der Waals surface area contributed by atoms with Crippen molar-refractivity contribution in [3.8, 4) is 5.75 Å². The van der Waals surface area contributed by atoms with Crippen molar-refractivity contribution in [2.45, 2.75) is 6.92 Å². The summed E-state index contributed by atoms with van der Waals surface area (Å²) in [5, 5.41) is 13.2. The number of carbonyl (C=O) groups is 2. The molecule has 0 aliphatic carbocycles. The van der Waals surface area contributed by atoms with Crippen molar-refractivity contribution in [1.29, 1.82) is 0 Å². The minimum Gasteiger partial charge on any atom is -0.477 e. The predicted octanol–water partition coefficient (Wildman–Crippen LogP) is 3.97. The van der Waals surface area contributed by atoms with Crippen LogP contribution in [0, 0.1) is 10.1 Å². The van der Waals surface area contributed by atoms with Crippen LogP contribution in [0.25, 0.3) is 10.8 Å². The van der Waals surface area contributed by atoms with E-state index in [0.29, 0.717) is 6.54 Å². The molecular weight excluding hydrogens is 388 g/mol. The lowest BCUT2D eigenvalue weighted by Crippen LogP contribution is -2.35. The number of hydrogen-bond donors (Lipinski definition) is 0. The van der Waals surface area contributed by atoms with E-state index in [2.05, 4.69) is 4.74 Å². The van der Waals surface area contributed by atoms with E-state index in [1.807, 2.05) is 49.4 Å². The largest absolute Gasteiger partial charge is 0.477 e. The highest BCUT2D eigenvalue weighted by Crippen LogP contribution is 2.30. The molecule has 8 nitrogen and oxygen atoms in total. The number of nitro groups is 1. The number of benzene rings is 3. The highest BCUT2D eigenvalue weighted by molar-refractivity contribution is 6.04. The molecule has 0 fully saturated rings. The first-order valence-corrected chi connectivity index (χ1v) is 9.24. The first-order valence-electron chi connectivity index (χ1n) is 9.24. The number of fused-ring (bicyclic) bond motifs is 1. The van der Waals surface area contributed by atoms with E-state index in [1.165, 1.54) is 19.2 Å². The summed E-state index contributed by atoms with van der Waals surface area (Å²) in [5.41, 5.74) is 0.470. The molecule has 154 valence electrons. The van der Waals surface area contributed by atoms with Crippen LogP contribution < -0.4 is 9.64 Å². The van der Waals surface area contributed by atoms with Gasteiger partial charge in [-0.1, -0.05) is 36.4 Å². The van der Waals surface area contributed by atoms with Crippen molar-refractivity contribution in [3.63, 3.8) is 0 Å². The molecule has 0 aliphatic heterocycles. The third kappa shape index (κ3) is 4.22. The lowest BCUT2D eigenvalue weighted by Gasteiger charge is -2.23. The van der Waals surface area contributed by atoms with Gasteiger partial charge in [-0.05, 0) is 24.4 Å². The molecule has 3 aromatic carbocycles. The van der Waals surface area contributed by atoms with Crippen LogP contribution in [0.15, 0.2) is 60.7 Å². The van der Waals surface area contributed by atoms with Crippen LogP contribution in [0.2, 0.25) is 0 Å². The van der Waals surface area contributed by atoms with Crippen molar-refractivity contribution in [3.05, 3.63) is 76.3 Å². The van der Waals surface area contributed by atoms with Gasteiger partial charge in [-0.2, -0.15) is 0 Å². The van der Waals surface area contributed by atoms with E-state index >= 15 is 0 Å². The Hall–Kier alpha value is -3.94. The molecule has 1 amide bonds. The molecule has 0 unspecified atom stereocenters. The Labute approximate surface area is 172 Å². The fourth-order valence-electron chi connectivity index (χ4n) is 3.17. The number of hydrogen-bond acceptors (Lipinski definition) is 6. The van der Waals surface area contributed by atoms with Crippen LogP contribution in [-0.2, 0) is 9.53 Å². The molecule has 8 heteroatoms. The fraction of sp³-hybridized carbons (Fsp3) is 0.182. The summed E-state index contributed by atoms with van der Waals surface area (Å²) in [6.07, 6.45) is 0. The number of anilines is 1. The monoisotopic (exact) mass is 408 g/mol. The van der Waals surface area contributed by atoms with Gasteiger partial charge in [-0.3, -0.25) is 14.9 Å². The minimum absolute atomic E-state index is 0.0898. The molecule has 0 saturated carbocycles. The van der Waals surface area contributed by atoms with Gasteiger partial charge in [0.25, 0.3) is 5.91 Å². The summed E-state index contributed by atoms with van der Waals surface area (Å²) in [7, 11) is 1.21. The van der Waals surface area contributed by atoms with Gasteiger partial charge in [0.2, 0.25) is 0 Å². The third-order valence-electron chi connectivity index (χ3n) is 4.60. The second-order valence-electron chi connectivity index (χ2n) is 6.36. The van der Waals surface area contributed by atoms with E-state index in [4.69, 9.17) is 4.74 Å². The maximum atomic E-state index is 12.9. The van der Waals surface area contributed by atoms with Crippen LogP contribution in [0.3, 0.4) is 0 Å². The van der Waals surface area contributed by atoms with Gasteiger partial charge in [0.15, 0.2) is 12.4 Å². The summed E-state index contributed by atoms with van der Waals surface area (Å²) in [6.45, 7) is 1.79. The smallest absolute Gasteiger partial charge is 0.337 e. The maximum Gasteiger partial charge on any atom is 0.337 e. The molecule has 0 aromatic heterocycles. The summed E-state index contributed by atoms with van der Waals surface area (Å²) < 4.78 is 10.1. The first-order chi connectivity index (χ1) is 14.5. The van der Waals surface area contributed by atoms with Crippen molar-refractivity contribution >= 4 is 34.0 Å². The molecule has 30 heavy (non-hydrogen) atoms. The number of methoxy groups -OCH3 is 1. The molecule has 0 heterocycles. The number of nitro benzene ring substituents is 1. The first kappa shape index (κ1) is 20.8. The van der Waals surface area contributed by atoms with Gasteiger partial charge >= 0.3 is 11.7 Å². The van der Waals surface area contributed by atoms with E-state index in [-0.39, 0.29) is 22.9 Å². The molecule has 0 aliphatic rings. The predicted molar refractivity (Wildman–Crippen MR) is 112 cm³/mol. The molecule has 3 aromatic rings. The van der Waals surface area contributed by atoms with E-state index < -0.39 is 17.5 Å². The van der Waals surface area contributed by atoms with Crippen LogP contribution in [0.1, 0.15) is 17.3 Å². The van der Waals surface area contributed by atoms with E-state index in [0.717, 1.165) is 22.5 Å². The lowest BCUT2D eigenvalue weighted by molar-refractivity contribution is -0.385. The number of esters is 1. The second-order valence-corrected chi connectivity index (χ2v) is 6.36. The molecule has 0 atom stereocenters. The number of carbonyl (C=O) groups excluding carboxylic acids is 2. The van der Waals surface area contributed by atoms with Gasteiger partial charge in [-0.25, -0.2) is 4.79 Å². The Morgan fingerprint density at radius 1 is 1.07 bits per heavy atom. The molecule has 0 radical (unpaired) electrons. The maximum absolute atomic E-state index is 12.9.